The number of benzene rings is 2. The topological polar surface area (TPSA) is 153 Å². The lowest BCUT2D eigenvalue weighted by atomic mass is 9.65. The van der Waals surface area contributed by atoms with Crippen LogP contribution in [-0.2, 0) is 20.5 Å². The van der Waals surface area contributed by atoms with Crippen molar-refractivity contribution < 1.29 is 23.2 Å². The lowest BCUT2D eigenvalue weighted by molar-refractivity contribution is -0.123. The van der Waals surface area contributed by atoms with Gasteiger partial charge in [0.05, 0.1) is 0 Å². The van der Waals surface area contributed by atoms with Crippen LogP contribution in [0.5, 0.6) is 0 Å². The predicted octanol–water partition coefficient (Wildman–Crippen LogP) is 1.95. The Kier molecular flexibility index (Phi) is 10.00. The van der Waals surface area contributed by atoms with Gasteiger partial charge in [-0.1, -0.05) is 79.9 Å². The summed E-state index contributed by atoms with van der Waals surface area (Å²) in [7, 11) is -3.97. The first-order chi connectivity index (χ1) is 15.3. The van der Waals surface area contributed by atoms with Crippen LogP contribution < -0.4 is 15.8 Å². The van der Waals surface area contributed by atoms with Crippen molar-refractivity contribution in [2.24, 2.45) is 11.7 Å². The second-order valence-corrected chi connectivity index (χ2v) is 9.71. The molecule has 0 spiro atoms. The molecule has 1 saturated heterocycles. The third-order valence-electron chi connectivity index (χ3n) is 6.44. The monoisotopic (exact) mass is 477 g/mol. The molecule has 2 aromatic carbocycles. The van der Waals surface area contributed by atoms with Crippen LogP contribution in [0, 0.1) is 5.92 Å². The molecule has 7 N–H and O–H groups in total. The standard InChI is InChI=1S/C18H20N2O.C6H13NO3S.H2O/c19-17(21)18(16-11-12-20-13-16,14-7-3-1-4-8-14)15-9-5-2-6-10-15;8-11(9,10)7-6-4-2-1-3-5-6;/h1-10,16,20H,11-13H2,(H2,19,21);6-7H,1-5H2,(H,8,9,10);1H2. The van der Waals surface area contributed by atoms with Crippen LogP contribution in [0.1, 0.15) is 49.7 Å². The van der Waals surface area contributed by atoms with Crippen LogP contribution in [0.15, 0.2) is 60.7 Å². The Labute approximate surface area is 196 Å². The largest absolute Gasteiger partial charge is 0.412 e. The number of carbonyl (C=O) groups excluding carboxylic acids is 1. The second-order valence-electron chi connectivity index (χ2n) is 8.52. The molecule has 33 heavy (non-hydrogen) atoms. The third kappa shape index (κ3) is 6.84. The van der Waals surface area contributed by atoms with E-state index in [-0.39, 0.29) is 23.3 Å². The Morgan fingerprint density at radius 3 is 1.85 bits per heavy atom. The number of hydrogen-bond donors (Lipinski definition) is 4. The molecule has 2 fully saturated rings. The molecule has 1 aliphatic heterocycles. The summed E-state index contributed by atoms with van der Waals surface area (Å²) in [4.78, 5) is 12.6. The average Bonchev–Trinajstić information content (AvgIpc) is 3.31. The molecule has 1 unspecified atom stereocenters. The molecule has 1 aliphatic carbocycles. The number of hydrogen-bond acceptors (Lipinski definition) is 4. The van der Waals surface area contributed by atoms with E-state index >= 15 is 0 Å². The zero-order valence-electron chi connectivity index (χ0n) is 18.7. The molecule has 1 saturated carbocycles. The number of nitrogens with one attached hydrogen (secondary N) is 2. The minimum absolute atomic E-state index is 0. The van der Waals surface area contributed by atoms with Gasteiger partial charge < -0.3 is 16.5 Å². The summed E-state index contributed by atoms with van der Waals surface area (Å²) in [5.41, 5.74) is 7.16. The number of nitrogens with two attached hydrogens (primary N) is 1. The van der Waals surface area contributed by atoms with Gasteiger partial charge in [-0.2, -0.15) is 13.1 Å². The van der Waals surface area contributed by atoms with Gasteiger partial charge in [-0.15, -0.1) is 0 Å². The quantitative estimate of drug-likeness (QED) is 0.468. The fourth-order valence-electron chi connectivity index (χ4n) is 4.98. The Morgan fingerprint density at radius 2 is 1.45 bits per heavy atom. The highest BCUT2D eigenvalue weighted by atomic mass is 32.2. The van der Waals surface area contributed by atoms with E-state index in [1.807, 2.05) is 60.7 Å². The highest BCUT2D eigenvalue weighted by Gasteiger charge is 2.48. The molecule has 1 atom stereocenters. The summed E-state index contributed by atoms with van der Waals surface area (Å²) in [6.45, 7) is 1.74. The second kappa shape index (κ2) is 12.2. The predicted molar refractivity (Wildman–Crippen MR) is 129 cm³/mol. The van der Waals surface area contributed by atoms with Gasteiger partial charge in [-0.25, -0.2) is 0 Å². The van der Waals surface area contributed by atoms with Crippen molar-refractivity contribution in [3.8, 4) is 0 Å². The van der Waals surface area contributed by atoms with Gasteiger partial charge in [-0.05, 0) is 49.4 Å². The smallest absolute Gasteiger partial charge is 0.333 e. The molecule has 0 radical (unpaired) electrons. The maximum Gasteiger partial charge on any atom is 0.333 e. The summed E-state index contributed by atoms with van der Waals surface area (Å²) in [6.07, 6.45) is 5.91. The lowest BCUT2D eigenvalue weighted by Crippen LogP contribution is -2.49. The van der Waals surface area contributed by atoms with Gasteiger partial charge in [0.2, 0.25) is 5.91 Å². The Hall–Kier alpha value is -2.30. The molecule has 1 amide bonds. The van der Waals surface area contributed by atoms with E-state index in [2.05, 4.69) is 10.0 Å². The molecule has 0 bridgehead atoms. The minimum Gasteiger partial charge on any atom is -0.412 e. The summed E-state index contributed by atoms with van der Waals surface area (Å²) in [5.74, 6) is -0.0894. The zero-order chi connectivity index (χ0) is 23.0. The first-order valence-corrected chi connectivity index (χ1v) is 12.6. The van der Waals surface area contributed by atoms with Crippen molar-refractivity contribution >= 4 is 16.2 Å². The van der Waals surface area contributed by atoms with Crippen molar-refractivity contribution in [2.45, 2.75) is 50.0 Å². The Morgan fingerprint density at radius 1 is 0.939 bits per heavy atom. The summed E-state index contributed by atoms with van der Waals surface area (Å²) >= 11 is 0. The van der Waals surface area contributed by atoms with Crippen molar-refractivity contribution in [2.75, 3.05) is 13.1 Å². The normalized spacial score (nSPS) is 19.1. The highest BCUT2D eigenvalue weighted by molar-refractivity contribution is 7.83. The van der Waals surface area contributed by atoms with E-state index in [1.165, 1.54) is 6.42 Å². The number of carbonyl (C=O) groups is 1. The van der Waals surface area contributed by atoms with Crippen molar-refractivity contribution in [1.29, 1.82) is 0 Å². The molecule has 2 aliphatic rings. The van der Waals surface area contributed by atoms with E-state index < -0.39 is 15.7 Å². The van der Waals surface area contributed by atoms with Gasteiger partial charge in [0, 0.05) is 6.04 Å². The summed E-state index contributed by atoms with van der Waals surface area (Å²) < 4.78 is 31.3. The van der Waals surface area contributed by atoms with Crippen LogP contribution in [0.4, 0.5) is 0 Å². The van der Waals surface area contributed by atoms with Crippen LogP contribution >= 0.6 is 0 Å². The third-order valence-corrected chi connectivity index (χ3v) is 7.07. The van der Waals surface area contributed by atoms with Gasteiger partial charge in [0.1, 0.15) is 5.41 Å². The molecule has 8 nitrogen and oxygen atoms in total. The highest BCUT2D eigenvalue weighted by Crippen LogP contribution is 2.41. The van der Waals surface area contributed by atoms with Gasteiger partial charge in [0.15, 0.2) is 0 Å². The summed E-state index contributed by atoms with van der Waals surface area (Å²) in [5, 5.41) is 3.36. The number of primary amides is 1. The van der Waals surface area contributed by atoms with Crippen molar-refractivity contribution in [3.05, 3.63) is 71.8 Å². The van der Waals surface area contributed by atoms with Gasteiger partial charge >= 0.3 is 10.3 Å². The lowest BCUT2D eigenvalue weighted by Gasteiger charge is -2.37. The fraction of sp³-hybridized carbons (Fsp3) is 0.458. The zero-order valence-corrected chi connectivity index (χ0v) is 19.6. The van der Waals surface area contributed by atoms with Gasteiger partial charge in [-0.3, -0.25) is 9.35 Å². The molecule has 182 valence electrons. The Balaban J connectivity index is 0.000000274. The summed E-state index contributed by atoms with van der Waals surface area (Å²) in [6, 6.07) is 19.8. The molecule has 4 rings (SSSR count). The van der Waals surface area contributed by atoms with E-state index in [0.717, 1.165) is 56.3 Å². The first-order valence-electron chi connectivity index (χ1n) is 11.2. The number of rotatable bonds is 6. The van der Waals surface area contributed by atoms with Crippen molar-refractivity contribution in [1.82, 2.24) is 10.0 Å². The maximum atomic E-state index is 12.6. The first kappa shape index (κ1) is 26.9. The minimum atomic E-state index is -3.97. The molecular formula is C24H35N3O5S. The van der Waals surface area contributed by atoms with E-state index in [9.17, 15) is 13.2 Å². The van der Waals surface area contributed by atoms with Gasteiger partial charge in [0.25, 0.3) is 0 Å². The maximum absolute atomic E-state index is 12.6. The van der Waals surface area contributed by atoms with Crippen molar-refractivity contribution in [3.63, 3.8) is 0 Å². The molecule has 9 heteroatoms. The Bertz CT molecular complexity index is 919. The van der Waals surface area contributed by atoms with Crippen LogP contribution in [0.2, 0.25) is 0 Å². The fourth-order valence-corrected chi connectivity index (χ4v) is 5.64. The van der Waals surface area contributed by atoms with Crippen LogP contribution in [0.25, 0.3) is 0 Å². The molecule has 0 aromatic heterocycles. The average molecular weight is 478 g/mol. The van der Waals surface area contributed by atoms with E-state index in [4.69, 9.17) is 10.3 Å². The van der Waals surface area contributed by atoms with Crippen LogP contribution in [0.3, 0.4) is 0 Å². The molecular weight excluding hydrogens is 442 g/mol. The molecule has 1 heterocycles. The molecule has 2 aromatic rings. The van der Waals surface area contributed by atoms with Crippen LogP contribution in [-0.4, -0.2) is 43.5 Å². The van der Waals surface area contributed by atoms with E-state index in [0.29, 0.717) is 0 Å². The number of amides is 1. The van der Waals surface area contributed by atoms with E-state index in [1.54, 1.807) is 0 Å². The SMILES string of the molecule is NC(=O)C(c1ccccc1)(c1ccccc1)C1CCNC1.O.O=S(=O)(O)NC1CCCCC1.